The van der Waals surface area contributed by atoms with Gasteiger partial charge in [0, 0.05) is 5.56 Å². The number of oxime groups is 1. The van der Waals surface area contributed by atoms with Gasteiger partial charge in [0.15, 0.2) is 0 Å². The van der Waals surface area contributed by atoms with Gasteiger partial charge in [0.2, 0.25) is 11.6 Å². The summed E-state index contributed by atoms with van der Waals surface area (Å²) in [6.07, 6.45) is 2.55. The molecule has 17 heavy (non-hydrogen) atoms. The number of benzene rings is 1. The van der Waals surface area contributed by atoms with Gasteiger partial charge >= 0.3 is 0 Å². The van der Waals surface area contributed by atoms with Gasteiger partial charge in [0.1, 0.15) is 12.7 Å². The van der Waals surface area contributed by atoms with Crippen molar-refractivity contribution < 1.29 is 10.0 Å². The lowest BCUT2D eigenvalue weighted by atomic mass is 10.1. The summed E-state index contributed by atoms with van der Waals surface area (Å²) >= 11 is 0. The first-order chi connectivity index (χ1) is 8.22. The van der Waals surface area contributed by atoms with E-state index in [9.17, 15) is 4.79 Å². The lowest BCUT2D eigenvalue weighted by molar-refractivity contribution is 0.105. The van der Waals surface area contributed by atoms with Crippen molar-refractivity contribution in [2.45, 2.75) is 6.92 Å². The molecule has 0 radical (unpaired) electrons. The molecule has 0 aliphatic carbocycles. The van der Waals surface area contributed by atoms with Crippen LogP contribution >= 0.6 is 0 Å². The number of ketones is 1. The van der Waals surface area contributed by atoms with E-state index in [4.69, 9.17) is 5.21 Å². The number of aryl methyl sites for hydroxylation is 1. The zero-order valence-corrected chi connectivity index (χ0v) is 9.11. The summed E-state index contributed by atoms with van der Waals surface area (Å²) < 4.78 is 1.11. The Labute approximate surface area is 97.2 Å². The fourth-order valence-corrected chi connectivity index (χ4v) is 1.35. The van der Waals surface area contributed by atoms with E-state index in [0.717, 1.165) is 10.2 Å². The standard InChI is InChI=1S/C11H10N4O2/c1-8-2-4-9(5-3-8)10(16)11(14-17)15-7-12-6-13-15/h2-7,17H,1H3/b14-11-. The second kappa shape index (κ2) is 4.56. The van der Waals surface area contributed by atoms with Crippen LogP contribution in [0.2, 0.25) is 0 Å². The minimum Gasteiger partial charge on any atom is -0.409 e. The van der Waals surface area contributed by atoms with Crippen molar-refractivity contribution in [2.24, 2.45) is 5.16 Å². The predicted octanol–water partition coefficient (Wildman–Crippen LogP) is 1.11. The molecule has 0 atom stereocenters. The minimum absolute atomic E-state index is 0.189. The third kappa shape index (κ3) is 2.20. The SMILES string of the molecule is Cc1ccc(C(=O)/C(=N/O)n2cncn2)cc1. The number of aromatic nitrogens is 3. The normalized spacial score (nSPS) is 11.5. The van der Waals surface area contributed by atoms with Gasteiger partial charge in [-0.2, -0.15) is 9.78 Å². The number of Topliss-reactive ketones (excluding diaryl/α,β-unsaturated/α-hetero) is 1. The van der Waals surface area contributed by atoms with Crippen LogP contribution in [0.1, 0.15) is 15.9 Å². The van der Waals surface area contributed by atoms with Crippen LogP contribution in [0.4, 0.5) is 0 Å². The van der Waals surface area contributed by atoms with Crippen molar-refractivity contribution >= 4 is 11.6 Å². The Kier molecular flexibility index (Phi) is 2.95. The number of hydrogen-bond donors (Lipinski definition) is 1. The van der Waals surface area contributed by atoms with Crippen LogP contribution in [0.5, 0.6) is 0 Å². The monoisotopic (exact) mass is 230 g/mol. The molecule has 1 heterocycles. The van der Waals surface area contributed by atoms with Gasteiger partial charge in [-0.05, 0) is 6.92 Å². The van der Waals surface area contributed by atoms with Crippen LogP contribution in [0.25, 0.3) is 0 Å². The third-order valence-corrected chi connectivity index (χ3v) is 2.25. The Morgan fingerprint density at radius 1 is 1.35 bits per heavy atom. The topological polar surface area (TPSA) is 80.4 Å². The molecular weight excluding hydrogens is 220 g/mol. The van der Waals surface area contributed by atoms with Crippen LogP contribution in [-0.4, -0.2) is 31.6 Å². The molecule has 0 bridgehead atoms. The van der Waals surface area contributed by atoms with Gasteiger partial charge in [0.25, 0.3) is 0 Å². The van der Waals surface area contributed by atoms with Gasteiger partial charge in [0.05, 0.1) is 0 Å². The van der Waals surface area contributed by atoms with Crippen molar-refractivity contribution in [1.29, 1.82) is 0 Å². The molecule has 2 rings (SSSR count). The molecule has 6 nitrogen and oxygen atoms in total. The Hall–Kier alpha value is -2.50. The first-order valence-corrected chi connectivity index (χ1v) is 4.91. The van der Waals surface area contributed by atoms with Gasteiger partial charge in [-0.25, -0.2) is 4.98 Å². The van der Waals surface area contributed by atoms with Crippen LogP contribution in [0, 0.1) is 6.92 Å². The molecule has 1 N–H and O–H groups in total. The van der Waals surface area contributed by atoms with Crippen LogP contribution in [0.15, 0.2) is 42.1 Å². The maximum atomic E-state index is 12.0. The molecule has 6 heteroatoms. The number of carbonyl (C=O) groups is 1. The third-order valence-electron chi connectivity index (χ3n) is 2.25. The fourth-order valence-electron chi connectivity index (χ4n) is 1.35. The van der Waals surface area contributed by atoms with Crippen molar-refractivity contribution in [3.8, 4) is 0 Å². The van der Waals surface area contributed by atoms with E-state index in [-0.39, 0.29) is 5.84 Å². The Bertz CT molecular complexity index is 543. The highest BCUT2D eigenvalue weighted by Gasteiger charge is 2.17. The molecule has 0 saturated heterocycles. The first-order valence-electron chi connectivity index (χ1n) is 4.91. The number of rotatable bonds is 2. The molecule has 0 spiro atoms. The average molecular weight is 230 g/mol. The molecule has 1 aromatic carbocycles. The van der Waals surface area contributed by atoms with E-state index in [1.807, 2.05) is 19.1 Å². The molecule has 0 unspecified atom stereocenters. The van der Waals surface area contributed by atoms with E-state index < -0.39 is 5.78 Å². The zero-order chi connectivity index (χ0) is 12.3. The summed E-state index contributed by atoms with van der Waals surface area (Å²) in [4.78, 5) is 15.7. The zero-order valence-electron chi connectivity index (χ0n) is 9.11. The molecule has 0 aliphatic heterocycles. The van der Waals surface area contributed by atoms with E-state index >= 15 is 0 Å². The Balaban J connectivity index is 2.34. The van der Waals surface area contributed by atoms with Gasteiger partial charge in [-0.1, -0.05) is 35.0 Å². The van der Waals surface area contributed by atoms with Gasteiger partial charge in [-0.3, -0.25) is 4.79 Å². The predicted molar refractivity (Wildman–Crippen MR) is 60.2 cm³/mol. The number of nitrogens with zero attached hydrogens (tertiary/aromatic N) is 4. The summed E-state index contributed by atoms with van der Waals surface area (Å²) in [6.45, 7) is 1.92. The van der Waals surface area contributed by atoms with E-state index in [2.05, 4.69) is 15.2 Å². The Morgan fingerprint density at radius 3 is 2.59 bits per heavy atom. The molecule has 0 fully saturated rings. The van der Waals surface area contributed by atoms with E-state index in [1.54, 1.807) is 12.1 Å². The molecular formula is C11H10N4O2. The first kappa shape index (κ1) is 11.0. The van der Waals surface area contributed by atoms with Crippen molar-refractivity contribution in [1.82, 2.24) is 14.8 Å². The number of carbonyl (C=O) groups excluding carboxylic acids is 1. The average Bonchev–Trinajstić information content (AvgIpc) is 2.84. The van der Waals surface area contributed by atoms with Crippen LogP contribution < -0.4 is 0 Å². The molecule has 0 saturated carbocycles. The smallest absolute Gasteiger partial charge is 0.242 e. The Morgan fingerprint density at radius 2 is 2.06 bits per heavy atom. The summed E-state index contributed by atoms with van der Waals surface area (Å²) in [7, 11) is 0. The quantitative estimate of drug-likeness (QED) is 0.275. The maximum absolute atomic E-state index is 12.0. The molecule has 86 valence electrons. The molecule has 2 aromatic rings. The van der Waals surface area contributed by atoms with E-state index in [1.165, 1.54) is 12.7 Å². The summed E-state index contributed by atoms with van der Waals surface area (Å²) in [5, 5.41) is 15.6. The second-order valence-corrected chi connectivity index (χ2v) is 3.46. The maximum Gasteiger partial charge on any atom is 0.242 e. The highest BCUT2D eigenvalue weighted by molar-refractivity contribution is 6.45. The van der Waals surface area contributed by atoms with Gasteiger partial charge < -0.3 is 5.21 Å². The van der Waals surface area contributed by atoms with Crippen molar-refractivity contribution in [2.75, 3.05) is 0 Å². The van der Waals surface area contributed by atoms with Crippen LogP contribution in [0.3, 0.4) is 0 Å². The molecule has 1 aromatic heterocycles. The summed E-state index contributed by atoms with van der Waals surface area (Å²) in [5.41, 5.74) is 1.48. The van der Waals surface area contributed by atoms with E-state index in [0.29, 0.717) is 5.56 Å². The number of hydrogen-bond acceptors (Lipinski definition) is 5. The highest BCUT2D eigenvalue weighted by atomic mass is 16.4. The second-order valence-electron chi connectivity index (χ2n) is 3.46. The summed E-state index contributed by atoms with van der Waals surface area (Å²) in [6, 6.07) is 6.95. The highest BCUT2D eigenvalue weighted by Crippen LogP contribution is 2.05. The summed E-state index contributed by atoms with van der Waals surface area (Å²) in [5.74, 6) is -0.607. The lowest BCUT2D eigenvalue weighted by Gasteiger charge is -2.03. The minimum atomic E-state index is -0.419. The van der Waals surface area contributed by atoms with Crippen molar-refractivity contribution in [3.63, 3.8) is 0 Å². The van der Waals surface area contributed by atoms with Crippen LogP contribution in [-0.2, 0) is 0 Å². The van der Waals surface area contributed by atoms with Crippen molar-refractivity contribution in [3.05, 3.63) is 48.0 Å². The molecule has 0 amide bonds. The lowest BCUT2D eigenvalue weighted by Crippen LogP contribution is -2.23. The fraction of sp³-hybridized carbons (Fsp3) is 0.0909. The molecule has 0 aliphatic rings. The largest absolute Gasteiger partial charge is 0.409 e. The van der Waals surface area contributed by atoms with Gasteiger partial charge in [-0.15, -0.1) is 0 Å².